The molecule has 0 aliphatic heterocycles. The molecule has 2 aromatic rings. The molecule has 0 saturated carbocycles. The van der Waals surface area contributed by atoms with E-state index in [0.29, 0.717) is 13.0 Å². The summed E-state index contributed by atoms with van der Waals surface area (Å²) in [5.41, 5.74) is 1.62. The number of urea groups is 1. The molecule has 2 N–H and O–H groups in total. The molecule has 7 heteroatoms. The summed E-state index contributed by atoms with van der Waals surface area (Å²) < 4.78 is 4.81. The number of nitrogens with one attached hydrogen (secondary N) is 2. The molecule has 0 spiro atoms. The molecular weight excluding hydrogens is 370 g/mol. The maximum atomic E-state index is 12.6. The fourth-order valence-corrected chi connectivity index (χ4v) is 2.86. The number of rotatable bonds is 8. The van der Waals surface area contributed by atoms with Crippen LogP contribution in [0.15, 0.2) is 60.7 Å². The summed E-state index contributed by atoms with van der Waals surface area (Å²) in [5, 5.41) is 5.35. The van der Waals surface area contributed by atoms with Gasteiger partial charge in [0.25, 0.3) is 0 Å². The first-order chi connectivity index (χ1) is 14.0. The average molecular weight is 397 g/mol. The van der Waals surface area contributed by atoms with E-state index >= 15 is 0 Å². The van der Waals surface area contributed by atoms with Crippen LogP contribution in [0.5, 0.6) is 0 Å². The smallest absolute Gasteiger partial charge is 0.328 e. The third kappa shape index (κ3) is 6.34. The van der Waals surface area contributed by atoms with E-state index in [1.165, 1.54) is 12.0 Å². The summed E-state index contributed by atoms with van der Waals surface area (Å²) in [4.78, 5) is 38.8. The first kappa shape index (κ1) is 21.9. The van der Waals surface area contributed by atoms with Crippen LogP contribution in [0.3, 0.4) is 0 Å². The van der Waals surface area contributed by atoms with Gasteiger partial charge in [-0.25, -0.2) is 9.59 Å². The molecule has 154 valence electrons. The van der Waals surface area contributed by atoms with Gasteiger partial charge < -0.3 is 15.4 Å². The predicted molar refractivity (Wildman–Crippen MR) is 112 cm³/mol. The fourth-order valence-electron chi connectivity index (χ4n) is 2.86. The van der Waals surface area contributed by atoms with E-state index in [4.69, 9.17) is 4.74 Å². The van der Waals surface area contributed by atoms with Gasteiger partial charge in [-0.2, -0.15) is 0 Å². The molecule has 0 bridgehead atoms. The molecule has 29 heavy (non-hydrogen) atoms. The molecular formula is C22H27N3O4. The SMILES string of the molecule is CCN(C(=O)N[C@@H](C)C(=O)N[C@@H](Cc1ccccc1)C(=O)OC)c1ccccc1. The zero-order chi connectivity index (χ0) is 21.2. The van der Waals surface area contributed by atoms with Gasteiger partial charge in [-0.15, -0.1) is 0 Å². The normalized spacial score (nSPS) is 12.4. The number of carbonyl (C=O) groups is 3. The number of nitrogens with zero attached hydrogens (tertiary/aromatic N) is 1. The number of ether oxygens (including phenoxy) is 1. The monoisotopic (exact) mass is 397 g/mol. The van der Waals surface area contributed by atoms with Crippen LogP contribution in [-0.2, 0) is 20.7 Å². The van der Waals surface area contributed by atoms with E-state index in [9.17, 15) is 14.4 Å². The third-order valence-corrected chi connectivity index (χ3v) is 4.45. The van der Waals surface area contributed by atoms with Crippen molar-refractivity contribution in [3.8, 4) is 0 Å². The van der Waals surface area contributed by atoms with Gasteiger partial charge in [-0.1, -0.05) is 48.5 Å². The van der Waals surface area contributed by atoms with Gasteiger partial charge >= 0.3 is 12.0 Å². The van der Waals surface area contributed by atoms with Crippen molar-refractivity contribution in [1.82, 2.24) is 10.6 Å². The summed E-state index contributed by atoms with van der Waals surface area (Å²) >= 11 is 0. The van der Waals surface area contributed by atoms with Gasteiger partial charge in [0, 0.05) is 18.7 Å². The van der Waals surface area contributed by atoms with E-state index in [1.807, 2.05) is 67.6 Å². The number of hydrogen-bond donors (Lipinski definition) is 2. The first-order valence-corrected chi connectivity index (χ1v) is 9.51. The molecule has 7 nitrogen and oxygen atoms in total. The van der Waals surface area contributed by atoms with Crippen molar-refractivity contribution in [3.05, 3.63) is 66.2 Å². The molecule has 2 atom stereocenters. The van der Waals surface area contributed by atoms with Crippen LogP contribution in [0.1, 0.15) is 19.4 Å². The van der Waals surface area contributed by atoms with E-state index in [1.54, 1.807) is 6.92 Å². The molecule has 0 saturated heterocycles. The highest BCUT2D eigenvalue weighted by Gasteiger charge is 2.26. The minimum absolute atomic E-state index is 0.297. The Hall–Kier alpha value is -3.35. The highest BCUT2D eigenvalue weighted by molar-refractivity contribution is 5.96. The van der Waals surface area contributed by atoms with Gasteiger partial charge in [0.15, 0.2) is 0 Å². The second kappa shape index (κ2) is 10.8. The van der Waals surface area contributed by atoms with Crippen molar-refractivity contribution in [1.29, 1.82) is 0 Å². The second-order valence-corrected chi connectivity index (χ2v) is 6.53. The zero-order valence-corrected chi connectivity index (χ0v) is 16.9. The lowest BCUT2D eigenvalue weighted by Crippen LogP contribution is -2.53. The quantitative estimate of drug-likeness (QED) is 0.670. The maximum absolute atomic E-state index is 12.6. The summed E-state index contributed by atoms with van der Waals surface area (Å²) in [6.45, 7) is 3.87. The molecule has 0 aliphatic rings. The topological polar surface area (TPSA) is 87.7 Å². The highest BCUT2D eigenvalue weighted by atomic mass is 16.5. The average Bonchev–Trinajstić information content (AvgIpc) is 2.74. The number of anilines is 1. The van der Waals surface area contributed by atoms with Crippen molar-refractivity contribution < 1.29 is 19.1 Å². The van der Waals surface area contributed by atoms with Crippen LogP contribution in [-0.4, -0.2) is 43.6 Å². The molecule has 0 unspecified atom stereocenters. The summed E-state index contributed by atoms with van der Waals surface area (Å²) in [6.07, 6.45) is 0.297. The minimum atomic E-state index is -0.842. The molecule has 0 radical (unpaired) electrons. The van der Waals surface area contributed by atoms with Gasteiger partial charge in [0.2, 0.25) is 5.91 Å². The van der Waals surface area contributed by atoms with Crippen LogP contribution >= 0.6 is 0 Å². The summed E-state index contributed by atoms with van der Waals surface area (Å²) in [7, 11) is 1.27. The third-order valence-electron chi connectivity index (χ3n) is 4.45. The number of benzene rings is 2. The fraction of sp³-hybridized carbons (Fsp3) is 0.318. The minimum Gasteiger partial charge on any atom is -0.467 e. The van der Waals surface area contributed by atoms with Gasteiger partial charge in [0.1, 0.15) is 12.1 Å². The number of esters is 1. The predicted octanol–water partition coefficient (Wildman–Crippen LogP) is 2.51. The number of carbonyl (C=O) groups excluding carboxylic acids is 3. The molecule has 2 rings (SSSR count). The Kier molecular flexibility index (Phi) is 8.21. The summed E-state index contributed by atoms with van der Waals surface area (Å²) in [5.74, 6) is -1.01. The van der Waals surface area contributed by atoms with Crippen molar-refractivity contribution >= 4 is 23.6 Å². The molecule has 2 aromatic carbocycles. The number of hydrogen-bond acceptors (Lipinski definition) is 4. The lowest BCUT2D eigenvalue weighted by atomic mass is 10.1. The van der Waals surface area contributed by atoms with Crippen molar-refractivity contribution in [3.63, 3.8) is 0 Å². The Morgan fingerprint density at radius 1 is 0.966 bits per heavy atom. The Morgan fingerprint density at radius 3 is 2.10 bits per heavy atom. The Morgan fingerprint density at radius 2 is 1.55 bits per heavy atom. The van der Waals surface area contributed by atoms with Gasteiger partial charge in [-0.05, 0) is 31.5 Å². The molecule has 0 heterocycles. The molecule has 0 aromatic heterocycles. The van der Waals surface area contributed by atoms with Gasteiger partial charge in [-0.3, -0.25) is 9.69 Å². The van der Waals surface area contributed by atoms with Crippen molar-refractivity contribution in [2.45, 2.75) is 32.4 Å². The van der Waals surface area contributed by atoms with Crippen LogP contribution in [0.2, 0.25) is 0 Å². The largest absolute Gasteiger partial charge is 0.467 e. The Balaban J connectivity index is 2.01. The number of methoxy groups -OCH3 is 1. The maximum Gasteiger partial charge on any atom is 0.328 e. The van der Waals surface area contributed by atoms with Crippen LogP contribution < -0.4 is 15.5 Å². The van der Waals surface area contributed by atoms with Crippen molar-refractivity contribution in [2.75, 3.05) is 18.6 Å². The molecule has 0 fully saturated rings. The van der Waals surface area contributed by atoms with Crippen LogP contribution in [0, 0.1) is 0 Å². The van der Waals surface area contributed by atoms with E-state index in [-0.39, 0.29) is 6.03 Å². The Labute approximate surface area is 171 Å². The second-order valence-electron chi connectivity index (χ2n) is 6.53. The van der Waals surface area contributed by atoms with Crippen LogP contribution in [0.25, 0.3) is 0 Å². The van der Waals surface area contributed by atoms with E-state index in [2.05, 4.69) is 10.6 Å². The zero-order valence-electron chi connectivity index (χ0n) is 16.9. The van der Waals surface area contributed by atoms with Crippen molar-refractivity contribution in [2.24, 2.45) is 0 Å². The van der Waals surface area contributed by atoms with E-state index in [0.717, 1.165) is 11.3 Å². The lowest BCUT2D eigenvalue weighted by molar-refractivity contribution is -0.145. The van der Waals surface area contributed by atoms with Crippen LogP contribution in [0.4, 0.5) is 10.5 Å². The molecule has 0 aliphatic carbocycles. The number of para-hydroxylation sites is 1. The Bertz CT molecular complexity index is 811. The van der Waals surface area contributed by atoms with Gasteiger partial charge in [0.05, 0.1) is 7.11 Å². The van der Waals surface area contributed by atoms with E-state index < -0.39 is 24.0 Å². The standard InChI is InChI=1S/C22H27N3O4/c1-4-25(18-13-9-6-10-14-18)22(28)23-16(2)20(26)24-19(21(27)29-3)15-17-11-7-5-8-12-17/h5-14,16,19H,4,15H2,1-3H3,(H,23,28)(H,24,26)/t16-,19-/m0/s1. The lowest BCUT2D eigenvalue weighted by Gasteiger charge is -2.25. The summed E-state index contributed by atoms with van der Waals surface area (Å²) in [6, 6.07) is 16.4. The molecule has 3 amide bonds. The number of amides is 3. The highest BCUT2D eigenvalue weighted by Crippen LogP contribution is 2.13. The first-order valence-electron chi connectivity index (χ1n) is 9.51.